The van der Waals surface area contributed by atoms with Crippen LogP contribution in [0.5, 0.6) is 5.75 Å². The average Bonchev–Trinajstić information content (AvgIpc) is 2.67. The van der Waals surface area contributed by atoms with E-state index in [4.69, 9.17) is 28.6 Å². The highest BCUT2D eigenvalue weighted by Gasteiger charge is 2.06. The first-order chi connectivity index (χ1) is 13.1. The van der Waals surface area contributed by atoms with Crippen LogP contribution in [0.3, 0.4) is 0 Å². The molecule has 0 spiro atoms. The third kappa shape index (κ3) is 5.89. The molecule has 0 aliphatic heterocycles. The van der Waals surface area contributed by atoms with Gasteiger partial charge in [0.25, 0.3) is 0 Å². The van der Waals surface area contributed by atoms with Crippen LogP contribution in [0.25, 0.3) is 0 Å². The lowest BCUT2D eigenvalue weighted by Gasteiger charge is -2.14. The van der Waals surface area contributed by atoms with Crippen molar-refractivity contribution >= 4 is 52.1 Å². The third-order valence-electron chi connectivity index (χ3n) is 3.60. The van der Waals surface area contributed by atoms with Crippen LogP contribution < -0.4 is 15.4 Å². The Morgan fingerprint density at radius 1 is 0.963 bits per heavy atom. The van der Waals surface area contributed by atoms with Gasteiger partial charge in [0.1, 0.15) is 5.75 Å². The Bertz CT molecular complexity index is 899. The molecule has 0 fully saturated rings. The summed E-state index contributed by atoms with van der Waals surface area (Å²) in [6, 6.07) is 23.5. The van der Waals surface area contributed by atoms with Crippen LogP contribution in [0.1, 0.15) is 6.92 Å². The fourth-order valence-electron chi connectivity index (χ4n) is 2.37. The van der Waals surface area contributed by atoms with Crippen molar-refractivity contribution in [2.75, 3.05) is 17.2 Å². The second-order valence-electron chi connectivity index (χ2n) is 5.59. The van der Waals surface area contributed by atoms with Crippen LogP contribution in [0, 0.1) is 0 Å². The summed E-state index contributed by atoms with van der Waals surface area (Å²) in [6.07, 6.45) is 0. The largest absolute Gasteiger partial charge is 0.494 e. The van der Waals surface area contributed by atoms with E-state index in [1.54, 1.807) is 11.8 Å². The number of anilines is 2. The molecular formula is C21H19ClN2OS2. The number of hydrogen-bond acceptors (Lipinski definition) is 3. The molecular weight excluding hydrogens is 396 g/mol. The van der Waals surface area contributed by atoms with Crippen molar-refractivity contribution < 1.29 is 4.74 Å². The highest BCUT2D eigenvalue weighted by atomic mass is 35.5. The van der Waals surface area contributed by atoms with Crippen molar-refractivity contribution in [1.29, 1.82) is 0 Å². The van der Waals surface area contributed by atoms with E-state index in [9.17, 15) is 0 Å². The summed E-state index contributed by atoms with van der Waals surface area (Å²) in [4.78, 5) is 2.19. The summed E-state index contributed by atoms with van der Waals surface area (Å²) in [7, 11) is 0. The first-order valence-electron chi connectivity index (χ1n) is 8.47. The standard InChI is InChI=1S/C21H19ClN2OS2/c1-2-25-17-11-9-16(10-12-17)23-21(26)24-19-5-3-4-6-20(19)27-18-13-7-15(22)8-14-18/h3-14H,2H2,1H3,(H2,23,24,26). The predicted molar refractivity (Wildman–Crippen MR) is 119 cm³/mol. The Kier molecular flexibility index (Phi) is 6.98. The van der Waals surface area contributed by atoms with Crippen molar-refractivity contribution in [2.24, 2.45) is 0 Å². The number of benzene rings is 3. The van der Waals surface area contributed by atoms with Crippen LogP contribution in [0.15, 0.2) is 82.6 Å². The number of para-hydroxylation sites is 1. The van der Waals surface area contributed by atoms with Gasteiger partial charge in [0, 0.05) is 20.5 Å². The summed E-state index contributed by atoms with van der Waals surface area (Å²) in [5, 5.41) is 7.73. The van der Waals surface area contributed by atoms with Crippen molar-refractivity contribution in [3.8, 4) is 5.75 Å². The molecule has 0 saturated heterocycles. The van der Waals surface area contributed by atoms with E-state index >= 15 is 0 Å². The third-order valence-corrected chi connectivity index (χ3v) is 5.14. The number of thiocarbonyl (C=S) groups is 1. The second-order valence-corrected chi connectivity index (χ2v) is 7.55. The Balaban J connectivity index is 1.66. The van der Waals surface area contributed by atoms with Crippen molar-refractivity contribution in [2.45, 2.75) is 16.7 Å². The number of rotatable bonds is 6. The van der Waals surface area contributed by atoms with Crippen molar-refractivity contribution in [1.82, 2.24) is 0 Å². The first kappa shape index (κ1) is 19.5. The Labute approximate surface area is 174 Å². The molecule has 0 unspecified atom stereocenters. The lowest BCUT2D eigenvalue weighted by atomic mass is 10.3. The van der Waals surface area contributed by atoms with Gasteiger partial charge in [-0.3, -0.25) is 0 Å². The maximum absolute atomic E-state index is 5.96. The Hall–Kier alpha value is -2.21. The first-order valence-corrected chi connectivity index (χ1v) is 10.1. The molecule has 0 aliphatic carbocycles. The zero-order valence-electron chi connectivity index (χ0n) is 14.7. The summed E-state index contributed by atoms with van der Waals surface area (Å²) in [5.41, 5.74) is 1.85. The monoisotopic (exact) mass is 414 g/mol. The zero-order valence-corrected chi connectivity index (χ0v) is 17.1. The lowest BCUT2D eigenvalue weighted by Crippen LogP contribution is -2.19. The van der Waals surface area contributed by atoms with Gasteiger partial charge in [-0.05, 0) is 79.8 Å². The molecule has 3 aromatic carbocycles. The molecule has 3 nitrogen and oxygen atoms in total. The highest BCUT2D eigenvalue weighted by molar-refractivity contribution is 7.99. The normalized spacial score (nSPS) is 10.3. The summed E-state index contributed by atoms with van der Waals surface area (Å²) in [5.74, 6) is 0.839. The molecule has 27 heavy (non-hydrogen) atoms. The van der Waals surface area contributed by atoms with Crippen LogP contribution in [-0.4, -0.2) is 11.7 Å². The van der Waals surface area contributed by atoms with Crippen molar-refractivity contribution in [3.05, 3.63) is 77.8 Å². The van der Waals surface area contributed by atoms with E-state index in [1.165, 1.54) is 0 Å². The molecule has 138 valence electrons. The summed E-state index contributed by atoms with van der Waals surface area (Å²) >= 11 is 13.1. The number of hydrogen-bond donors (Lipinski definition) is 2. The molecule has 0 amide bonds. The van der Waals surface area contributed by atoms with Gasteiger partial charge >= 0.3 is 0 Å². The maximum Gasteiger partial charge on any atom is 0.175 e. The van der Waals surface area contributed by atoms with E-state index < -0.39 is 0 Å². The van der Waals surface area contributed by atoms with E-state index in [0.717, 1.165) is 31.9 Å². The van der Waals surface area contributed by atoms with Crippen LogP contribution in [0.4, 0.5) is 11.4 Å². The number of ether oxygens (including phenoxy) is 1. The van der Waals surface area contributed by atoms with Gasteiger partial charge in [-0.25, -0.2) is 0 Å². The van der Waals surface area contributed by atoms with Gasteiger partial charge in [-0.2, -0.15) is 0 Å². The fourth-order valence-corrected chi connectivity index (χ4v) is 3.63. The number of halogens is 1. The van der Waals surface area contributed by atoms with Gasteiger partial charge in [0.2, 0.25) is 0 Å². The zero-order chi connectivity index (χ0) is 19.1. The molecule has 0 saturated carbocycles. The van der Waals surface area contributed by atoms with E-state index in [1.807, 2.05) is 73.7 Å². The molecule has 6 heteroatoms. The molecule has 0 aliphatic rings. The summed E-state index contributed by atoms with van der Waals surface area (Å²) in [6.45, 7) is 2.61. The van der Waals surface area contributed by atoms with Gasteiger partial charge in [-0.1, -0.05) is 35.5 Å². The van der Waals surface area contributed by atoms with Crippen molar-refractivity contribution in [3.63, 3.8) is 0 Å². The molecule has 3 rings (SSSR count). The molecule has 3 aromatic rings. The van der Waals surface area contributed by atoms with Gasteiger partial charge < -0.3 is 15.4 Å². The topological polar surface area (TPSA) is 33.3 Å². The highest BCUT2D eigenvalue weighted by Crippen LogP contribution is 2.34. The van der Waals surface area contributed by atoms with E-state index in [2.05, 4.69) is 16.7 Å². The van der Waals surface area contributed by atoms with Gasteiger partial charge in [0.05, 0.1) is 12.3 Å². The fraction of sp³-hybridized carbons (Fsp3) is 0.0952. The minimum atomic E-state index is 0.531. The van der Waals surface area contributed by atoms with Crippen LogP contribution in [-0.2, 0) is 0 Å². The number of nitrogens with one attached hydrogen (secondary N) is 2. The summed E-state index contributed by atoms with van der Waals surface area (Å²) < 4.78 is 5.45. The Morgan fingerprint density at radius 3 is 2.37 bits per heavy atom. The Morgan fingerprint density at radius 2 is 1.67 bits per heavy atom. The quantitative estimate of drug-likeness (QED) is 0.438. The van der Waals surface area contributed by atoms with Gasteiger partial charge in [0.15, 0.2) is 5.11 Å². The molecule has 0 aromatic heterocycles. The minimum Gasteiger partial charge on any atom is -0.494 e. The molecule has 2 N–H and O–H groups in total. The molecule has 0 radical (unpaired) electrons. The molecule has 0 atom stereocenters. The van der Waals surface area contributed by atoms with Crippen LogP contribution >= 0.6 is 35.6 Å². The average molecular weight is 415 g/mol. The molecule has 0 heterocycles. The maximum atomic E-state index is 5.96. The SMILES string of the molecule is CCOc1ccc(NC(=S)Nc2ccccc2Sc2ccc(Cl)cc2)cc1. The van der Waals surface area contributed by atoms with Crippen LogP contribution in [0.2, 0.25) is 5.02 Å². The van der Waals surface area contributed by atoms with Gasteiger partial charge in [-0.15, -0.1) is 0 Å². The smallest absolute Gasteiger partial charge is 0.175 e. The predicted octanol–water partition coefficient (Wildman–Crippen LogP) is 6.70. The van der Waals surface area contributed by atoms with E-state index in [-0.39, 0.29) is 0 Å². The molecule has 0 bridgehead atoms. The minimum absolute atomic E-state index is 0.531. The second kappa shape index (κ2) is 9.65. The lowest BCUT2D eigenvalue weighted by molar-refractivity contribution is 0.340. The van der Waals surface area contributed by atoms with E-state index in [0.29, 0.717) is 11.7 Å².